The standard InChI is InChI=1S/C11H11BrN4O2S/c12-6-1-8(10(14-3-6)15-5-19)11(18)16-7-2-9(17)13-4-7/h1,3,5,7H,2,4H2,(H,13,17)(H,16,18)(H,14,15,19). The normalized spacial score (nSPS) is 17.7. The molecule has 1 saturated heterocycles. The van der Waals surface area contributed by atoms with Crippen LogP contribution in [0.15, 0.2) is 16.7 Å². The van der Waals surface area contributed by atoms with Crippen molar-refractivity contribution in [1.82, 2.24) is 15.6 Å². The second-order valence-electron chi connectivity index (χ2n) is 3.99. The number of nitrogens with zero attached hydrogens (tertiary/aromatic N) is 1. The van der Waals surface area contributed by atoms with Gasteiger partial charge in [0, 0.05) is 23.6 Å². The number of nitrogens with one attached hydrogen (secondary N) is 3. The summed E-state index contributed by atoms with van der Waals surface area (Å²) in [6, 6.07) is 1.45. The van der Waals surface area contributed by atoms with Gasteiger partial charge in [0.1, 0.15) is 5.82 Å². The Hall–Kier alpha value is -1.54. The predicted octanol–water partition coefficient (Wildman–Crippen LogP) is 0.831. The first-order valence-corrected chi connectivity index (χ1v) is 6.80. The maximum Gasteiger partial charge on any atom is 0.255 e. The van der Waals surface area contributed by atoms with Gasteiger partial charge in [0.05, 0.1) is 17.1 Å². The Morgan fingerprint density at radius 1 is 1.63 bits per heavy atom. The minimum absolute atomic E-state index is 0.0603. The lowest BCUT2D eigenvalue weighted by Gasteiger charge is -2.12. The van der Waals surface area contributed by atoms with Crippen LogP contribution in [0.2, 0.25) is 0 Å². The van der Waals surface area contributed by atoms with Gasteiger partial charge in [-0.15, -0.1) is 0 Å². The molecule has 1 aliphatic rings. The van der Waals surface area contributed by atoms with Gasteiger partial charge >= 0.3 is 0 Å². The summed E-state index contributed by atoms with van der Waals surface area (Å²) < 4.78 is 0.688. The Morgan fingerprint density at radius 2 is 2.42 bits per heavy atom. The molecule has 3 N–H and O–H groups in total. The van der Waals surface area contributed by atoms with Crippen LogP contribution in [0.3, 0.4) is 0 Å². The van der Waals surface area contributed by atoms with E-state index < -0.39 is 0 Å². The van der Waals surface area contributed by atoms with E-state index in [9.17, 15) is 9.59 Å². The summed E-state index contributed by atoms with van der Waals surface area (Å²) in [5.74, 6) is 0.0255. The van der Waals surface area contributed by atoms with Crippen LogP contribution < -0.4 is 16.0 Å². The monoisotopic (exact) mass is 342 g/mol. The molecule has 1 fully saturated rings. The number of carbonyl (C=O) groups excluding carboxylic acids is 2. The van der Waals surface area contributed by atoms with Crippen molar-refractivity contribution in [2.24, 2.45) is 0 Å². The number of anilines is 1. The molecule has 1 atom stereocenters. The van der Waals surface area contributed by atoms with Crippen LogP contribution >= 0.6 is 28.1 Å². The molecular weight excluding hydrogens is 332 g/mol. The molecule has 100 valence electrons. The average molecular weight is 343 g/mol. The lowest BCUT2D eigenvalue weighted by atomic mass is 10.2. The Kier molecular flexibility index (Phi) is 4.43. The van der Waals surface area contributed by atoms with Gasteiger partial charge < -0.3 is 16.0 Å². The average Bonchev–Trinajstić information content (AvgIpc) is 2.77. The third kappa shape index (κ3) is 3.48. The van der Waals surface area contributed by atoms with Gasteiger partial charge in [-0.2, -0.15) is 0 Å². The molecule has 1 aromatic rings. The molecule has 0 bridgehead atoms. The van der Waals surface area contributed by atoms with Crippen molar-refractivity contribution in [3.8, 4) is 0 Å². The number of hydrogen-bond donors (Lipinski definition) is 3. The summed E-state index contributed by atoms with van der Waals surface area (Å²) in [6.45, 7) is 0.446. The maximum absolute atomic E-state index is 12.2. The maximum atomic E-state index is 12.2. The molecule has 1 unspecified atom stereocenters. The highest BCUT2D eigenvalue weighted by molar-refractivity contribution is 9.10. The van der Waals surface area contributed by atoms with Crippen molar-refractivity contribution in [3.63, 3.8) is 0 Å². The van der Waals surface area contributed by atoms with Crippen LogP contribution in [0, 0.1) is 0 Å². The van der Waals surface area contributed by atoms with Crippen LogP contribution in [-0.4, -0.2) is 34.9 Å². The summed E-state index contributed by atoms with van der Waals surface area (Å²) in [4.78, 5) is 27.3. The molecule has 1 aliphatic heterocycles. The SMILES string of the molecule is O=C1CC(NC(=O)c2cc(Br)cnc2NC=S)CN1. The second-order valence-corrected chi connectivity index (χ2v) is 5.14. The molecule has 1 aromatic heterocycles. The van der Waals surface area contributed by atoms with E-state index in [0.29, 0.717) is 28.8 Å². The molecule has 19 heavy (non-hydrogen) atoms. The molecule has 0 spiro atoms. The summed E-state index contributed by atoms with van der Waals surface area (Å²) in [7, 11) is 0. The number of hydrogen-bond acceptors (Lipinski definition) is 4. The quantitative estimate of drug-likeness (QED) is 0.706. The van der Waals surface area contributed by atoms with Crippen LogP contribution in [0.5, 0.6) is 0 Å². The van der Waals surface area contributed by atoms with Crippen molar-refractivity contribution in [1.29, 1.82) is 0 Å². The van der Waals surface area contributed by atoms with Crippen molar-refractivity contribution >= 4 is 51.3 Å². The van der Waals surface area contributed by atoms with Crippen LogP contribution in [0.1, 0.15) is 16.8 Å². The Bertz CT molecular complexity index is 537. The van der Waals surface area contributed by atoms with Crippen molar-refractivity contribution in [3.05, 3.63) is 22.3 Å². The van der Waals surface area contributed by atoms with Gasteiger partial charge in [0.25, 0.3) is 5.91 Å². The highest BCUT2D eigenvalue weighted by Gasteiger charge is 2.24. The minimum atomic E-state index is -0.297. The zero-order chi connectivity index (χ0) is 13.8. The molecule has 8 heteroatoms. The van der Waals surface area contributed by atoms with Gasteiger partial charge in [-0.25, -0.2) is 4.98 Å². The second kappa shape index (κ2) is 6.07. The molecule has 2 rings (SSSR count). The number of carbonyl (C=O) groups is 2. The number of amides is 2. The first-order valence-electron chi connectivity index (χ1n) is 5.53. The topological polar surface area (TPSA) is 83.1 Å². The van der Waals surface area contributed by atoms with E-state index in [1.807, 2.05) is 0 Å². The molecular formula is C11H11BrN4O2S. The van der Waals surface area contributed by atoms with E-state index in [2.05, 4.69) is 36.9 Å². The van der Waals surface area contributed by atoms with Crippen LogP contribution in [0.4, 0.5) is 5.82 Å². The zero-order valence-corrected chi connectivity index (χ0v) is 12.2. The van der Waals surface area contributed by atoms with Gasteiger partial charge in [-0.3, -0.25) is 9.59 Å². The third-order valence-corrected chi connectivity index (χ3v) is 3.16. The molecule has 0 saturated carbocycles. The highest BCUT2D eigenvalue weighted by Crippen LogP contribution is 2.18. The summed E-state index contributed by atoms with van der Waals surface area (Å²) >= 11 is 7.96. The van der Waals surface area contributed by atoms with E-state index in [4.69, 9.17) is 12.2 Å². The van der Waals surface area contributed by atoms with Crippen molar-refractivity contribution < 1.29 is 9.59 Å². The van der Waals surface area contributed by atoms with E-state index >= 15 is 0 Å². The summed E-state index contributed by atoms with van der Waals surface area (Å²) in [6.07, 6.45) is 1.86. The predicted molar refractivity (Wildman–Crippen MR) is 78.1 cm³/mol. The molecule has 6 nitrogen and oxygen atoms in total. The molecule has 2 heterocycles. The Morgan fingerprint density at radius 3 is 3.05 bits per heavy atom. The number of halogens is 1. The molecule has 0 aromatic carbocycles. The Labute approximate surface area is 123 Å². The van der Waals surface area contributed by atoms with E-state index in [0.717, 1.165) is 0 Å². The van der Waals surface area contributed by atoms with E-state index in [1.54, 1.807) is 12.3 Å². The summed E-state index contributed by atoms with van der Waals surface area (Å²) in [5, 5.41) is 8.17. The zero-order valence-electron chi connectivity index (χ0n) is 9.77. The molecule has 0 radical (unpaired) electrons. The van der Waals surface area contributed by atoms with Crippen LogP contribution in [-0.2, 0) is 4.79 Å². The lowest BCUT2D eigenvalue weighted by molar-refractivity contribution is -0.119. The van der Waals surface area contributed by atoms with Gasteiger partial charge in [-0.1, -0.05) is 12.2 Å². The highest BCUT2D eigenvalue weighted by atomic mass is 79.9. The summed E-state index contributed by atoms with van der Waals surface area (Å²) in [5.41, 5.74) is 1.66. The largest absolute Gasteiger partial charge is 0.354 e. The van der Waals surface area contributed by atoms with Gasteiger partial charge in [0.2, 0.25) is 5.91 Å². The van der Waals surface area contributed by atoms with Crippen molar-refractivity contribution in [2.45, 2.75) is 12.5 Å². The Balaban J connectivity index is 2.15. The van der Waals surface area contributed by atoms with E-state index in [-0.39, 0.29) is 17.9 Å². The molecule has 2 amide bonds. The fraction of sp³-hybridized carbons (Fsp3) is 0.273. The first-order chi connectivity index (χ1) is 9.10. The first kappa shape index (κ1) is 13.9. The van der Waals surface area contributed by atoms with Gasteiger partial charge in [0.15, 0.2) is 0 Å². The fourth-order valence-corrected chi connectivity index (χ4v) is 2.20. The number of rotatable bonds is 4. The smallest absolute Gasteiger partial charge is 0.255 e. The van der Waals surface area contributed by atoms with Crippen LogP contribution in [0.25, 0.3) is 0 Å². The minimum Gasteiger partial charge on any atom is -0.354 e. The lowest BCUT2D eigenvalue weighted by Crippen LogP contribution is -2.36. The number of aromatic nitrogens is 1. The number of thiocarbonyl (C=S) groups is 1. The van der Waals surface area contributed by atoms with Gasteiger partial charge in [-0.05, 0) is 22.0 Å². The fourth-order valence-electron chi connectivity index (χ4n) is 1.75. The third-order valence-electron chi connectivity index (χ3n) is 2.61. The number of pyridine rings is 1. The molecule has 0 aliphatic carbocycles. The van der Waals surface area contributed by atoms with E-state index in [1.165, 1.54) is 5.49 Å². The van der Waals surface area contributed by atoms with Crippen molar-refractivity contribution in [2.75, 3.05) is 11.9 Å².